The van der Waals surface area contributed by atoms with E-state index in [1.165, 1.54) is 4.90 Å². The normalized spacial score (nSPS) is 16.4. The van der Waals surface area contributed by atoms with Crippen molar-refractivity contribution in [2.45, 2.75) is 63.0 Å². The third-order valence-corrected chi connectivity index (χ3v) is 6.38. The van der Waals surface area contributed by atoms with Crippen LogP contribution in [-0.4, -0.2) is 44.5 Å². The second-order valence-electron chi connectivity index (χ2n) is 7.28. The first-order valence-electron chi connectivity index (χ1n) is 9.68. The van der Waals surface area contributed by atoms with Crippen molar-refractivity contribution in [1.82, 2.24) is 20.1 Å². The van der Waals surface area contributed by atoms with Crippen molar-refractivity contribution in [2.24, 2.45) is 0 Å². The SMILES string of the molecule is CC[C@H](C)Sc1ccc(NC(=O)N2CCC(c3n[nH]c(C)n3)CC2)c(C)c1. The van der Waals surface area contributed by atoms with E-state index in [9.17, 15) is 4.79 Å². The number of nitrogens with one attached hydrogen (secondary N) is 2. The smallest absolute Gasteiger partial charge is 0.321 e. The first-order chi connectivity index (χ1) is 13.0. The predicted octanol–water partition coefficient (Wildman–Crippen LogP) is 4.72. The summed E-state index contributed by atoms with van der Waals surface area (Å²) in [4.78, 5) is 20.2. The summed E-state index contributed by atoms with van der Waals surface area (Å²) in [7, 11) is 0. The number of aryl methyl sites for hydroxylation is 2. The van der Waals surface area contributed by atoms with E-state index in [4.69, 9.17) is 0 Å². The van der Waals surface area contributed by atoms with Crippen LogP contribution in [-0.2, 0) is 0 Å². The summed E-state index contributed by atoms with van der Waals surface area (Å²) in [5.41, 5.74) is 1.99. The largest absolute Gasteiger partial charge is 0.324 e. The van der Waals surface area contributed by atoms with Gasteiger partial charge in [0.25, 0.3) is 0 Å². The van der Waals surface area contributed by atoms with Crippen molar-refractivity contribution >= 4 is 23.5 Å². The summed E-state index contributed by atoms with van der Waals surface area (Å²) in [6, 6.07) is 6.24. The van der Waals surface area contributed by atoms with Gasteiger partial charge in [-0.2, -0.15) is 5.10 Å². The molecule has 1 aromatic carbocycles. The molecule has 1 atom stereocenters. The van der Waals surface area contributed by atoms with Crippen molar-refractivity contribution in [3.8, 4) is 0 Å². The van der Waals surface area contributed by atoms with Crippen LogP contribution in [0, 0.1) is 13.8 Å². The molecule has 146 valence electrons. The minimum absolute atomic E-state index is 0.0231. The highest BCUT2D eigenvalue weighted by molar-refractivity contribution is 7.99. The lowest BCUT2D eigenvalue weighted by molar-refractivity contribution is 0.193. The quantitative estimate of drug-likeness (QED) is 0.728. The summed E-state index contributed by atoms with van der Waals surface area (Å²) in [5.74, 6) is 2.05. The fourth-order valence-electron chi connectivity index (χ4n) is 3.24. The van der Waals surface area contributed by atoms with Gasteiger partial charge < -0.3 is 10.2 Å². The Hall–Kier alpha value is -2.02. The third kappa shape index (κ3) is 5.03. The molecule has 0 unspecified atom stereocenters. The number of anilines is 1. The summed E-state index contributed by atoms with van der Waals surface area (Å²) in [6.45, 7) is 9.85. The van der Waals surface area contributed by atoms with Crippen LogP contribution in [0.1, 0.15) is 56.2 Å². The molecule has 0 saturated carbocycles. The average molecular weight is 388 g/mol. The summed E-state index contributed by atoms with van der Waals surface area (Å²) in [6.07, 6.45) is 2.94. The highest BCUT2D eigenvalue weighted by Crippen LogP contribution is 2.29. The van der Waals surface area contributed by atoms with Gasteiger partial charge in [0.15, 0.2) is 5.82 Å². The Labute approximate surface area is 165 Å². The van der Waals surface area contributed by atoms with Crippen LogP contribution in [0.2, 0.25) is 0 Å². The van der Waals surface area contributed by atoms with Crippen molar-refractivity contribution in [2.75, 3.05) is 18.4 Å². The zero-order chi connectivity index (χ0) is 19.4. The van der Waals surface area contributed by atoms with Gasteiger partial charge in [0, 0.05) is 34.8 Å². The van der Waals surface area contributed by atoms with E-state index in [0.717, 1.165) is 55.3 Å². The molecule has 2 aromatic rings. The molecule has 1 aromatic heterocycles. The molecule has 7 heteroatoms. The lowest BCUT2D eigenvalue weighted by Crippen LogP contribution is -2.40. The molecule has 3 rings (SSSR count). The Morgan fingerprint density at radius 3 is 2.70 bits per heavy atom. The molecule has 0 radical (unpaired) electrons. The Morgan fingerprint density at radius 2 is 2.11 bits per heavy atom. The molecule has 0 spiro atoms. The van der Waals surface area contributed by atoms with Crippen LogP contribution in [0.4, 0.5) is 10.5 Å². The van der Waals surface area contributed by atoms with E-state index < -0.39 is 0 Å². The monoisotopic (exact) mass is 387 g/mol. The number of amides is 2. The number of piperidine rings is 1. The minimum atomic E-state index is -0.0231. The van der Waals surface area contributed by atoms with Gasteiger partial charge in [0.05, 0.1) is 0 Å². The number of carbonyl (C=O) groups excluding carboxylic acids is 1. The molecule has 1 fully saturated rings. The average Bonchev–Trinajstić information content (AvgIpc) is 3.10. The number of nitrogens with zero attached hydrogens (tertiary/aromatic N) is 3. The maximum absolute atomic E-state index is 12.6. The molecule has 27 heavy (non-hydrogen) atoms. The number of aromatic amines is 1. The number of H-pyrrole nitrogens is 1. The van der Waals surface area contributed by atoms with Crippen LogP contribution in [0.5, 0.6) is 0 Å². The molecular formula is C20H29N5OS. The standard InChI is InChI=1S/C20H29N5OS/c1-5-14(3)27-17-6-7-18(13(2)12-17)22-20(26)25-10-8-16(9-11-25)19-21-15(4)23-24-19/h6-7,12,14,16H,5,8-11H2,1-4H3,(H,22,26)(H,21,23,24)/t14-/m0/s1. The fraction of sp³-hybridized carbons (Fsp3) is 0.550. The summed E-state index contributed by atoms with van der Waals surface area (Å²) < 4.78 is 0. The van der Waals surface area contributed by atoms with E-state index in [2.05, 4.69) is 46.5 Å². The zero-order valence-electron chi connectivity index (χ0n) is 16.6. The number of benzene rings is 1. The highest BCUT2D eigenvalue weighted by Gasteiger charge is 2.26. The number of aromatic nitrogens is 3. The van der Waals surface area contributed by atoms with Crippen molar-refractivity contribution in [3.63, 3.8) is 0 Å². The van der Waals surface area contributed by atoms with Gasteiger partial charge in [0.1, 0.15) is 5.82 Å². The Morgan fingerprint density at radius 1 is 1.37 bits per heavy atom. The summed E-state index contributed by atoms with van der Waals surface area (Å²) in [5, 5.41) is 10.8. The molecule has 1 aliphatic heterocycles. The van der Waals surface area contributed by atoms with Crippen molar-refractivity contribution in [1.29, 1.82) is 0 Å². The molecule has 2 amide bonds. The topological polar surface area (TPSA) is 73.9 Å². The van der Waals surface area contributed by atoms with E-state index in [1.807, 2.05) is 36.6 Å². The van der Waals surface area contributed by atoms with Gasteiger partial charge in [-0.3, -0.25) is 5.10 Å². The number of hydrogen-bond donors (Lipinski definition) is 2. The molecule has 2 heterocycles. The van der Waals surface area contributed by atoms with E-state index in [1.54, 1.807) is 0 Å². The number of rotatable bonds is 5. The van der Waals surface area contributed by atoms with Crippen LogP contribution in [0.3, 0.4) is 0 Å². The highest BCUT2D eigenvalue weighted by atomic mass is 32.2. The Kier molecular flexibility index (Phi) is 6.42. The van der Waals surface area contributed by atoms with E-state index in [-0.39, 0.29) is 6.03 Å². The third-order valence-electron chi connectivity index (χ3n) is 5.11. The Bertz CT molecular complexity index is 782. The molecule has 1 saturated heterocycles. The van der Waals surface area contributed by atoms with E-state index in [0.29, 0.717) is 11.2 Å². The van der Waals surface area contributed by atoms with Gasteiger partial charge in [-0.05, 0) is 56.9 Å². The molecule has 0 bridgehead atoms. The maximum atomic E-state index is 12.6. The summed E-state index contributed by atoms with van der Waals surface area (Å²) >= 11 is 1.88. The second-order valence-corrected chi connectivity index (χ2v) is 8.80. The lowest BCUT2D eigenvalue weighted by Gasteiger charge is -2.31. The molecule has 0 aliphatic carbocycles. The number of hydrogen-bond acceptors (Lipinski definition) is 4. The first-order valence-corrected chi connectivity index (χ1v) is 10.6. The van der Waals surface area contributed by atoms with Crippen LogP contribution >= 0.6 is 11.8 Å². The molecule has 1 aliphatic rings. The number of likely N-dealkylation sites (tertiary alicyclic amines) is 1. The van der Waals surface area contributed by atoms with Gasteiger partial charge in [-0.25, -0.2) is 9.78 Å². The van der Waals surface area contributed by atoms with Gasteiger partial charge in [0.2, 0.25) is 0 Å². The number of thioether (sulfide) groups is 1. The molecule has 2 N–H and O–H groups in total. The van der Waals surface area contributed by atoms with Crippen molar-refractivity contribution in [3.05, 3.63) is 35.4 Å². The van der Waals surface area contributed by atoms with Gasteiger partial charge in [-0.15, -0.1) is 11.8 Å². The zero-order valence-corrected chi connectivity index (χ0v) is 17.4. The number of urea groups is 1. The van der Waals surface area contributed by atoms with Gasteiger partial charge >= 0.3 is 6.03 Å². The number of carbonyl (C=O) groups is 1. The van der Waals surface area contributed by atoms with E-state index >= 15 is 0 Å². The van der Waals surface area contributed by atoms with Crippen LogP contribution < -0.4 is 5.32 Å². The van der Waals surface area contributed by atoms with Crippen LogP contribution in [0.15, 0.2) is 23.1 Å². The van der Waals surface area contributed by atoms with Crippen LogP contribution in [0.25, 0.3) is 0 Å². The predicted molar refractivity (Wildman–Crippen MR) is 110 cm³/mol. The van der Waals surface area contributed by atoms with Gasteiger partial charge in [-0.1, -0.05) is 13.8 Å². The Balaban J connectivity index is 1.55. The maximum Gasteiger partial charge on any atom is 0.321 e. The minimum Gasteiger partial charge on any atom is -0.324 e. The molecule has 6 nitrogen and oxygen atoms in total. The second kappa shape index (κ2) is 8.78. The fourth-order valence-corrected chi connectivity index (χ4v) is 4.27. The van der Waals surface area contributed by atoms with Crippen molar-refractivity contribution < 1.29 is 4.79 Å². The first kappa shape index (κ1) is 19.7. The lowest BCUT2D eigenvalue weighted by atomic mass is 9.96. The molecular weight excluding hydrogens is 358 g/mol.